The van der Waals surface area contributed by atoms with Crippen molar-refractivity contribution in [1.82, 2.24) is 14.6 Å². The highest BCUT2D eigenvalue weighted by Crippen LogP contribution is 2.55. The van der Waals surface area contributed by atoms with Crippen LogP contribution in [0.2, 0.25) is 5.02 Å². The number of halogens is 2. The average molecular weight is 288 g/mol. The highest BCUT2D eigenvalue weighted by atomic mass is 35.5. The van der Waals surface area contributed by atoms with Crippen LogP contribution in [-0.2, 0) is 0 Å². The quantitative estimate of drug-likeness (QED) is 0.718. The summed E-state index contributed by atoms with van der Waals surface area (Å²) in [5.74, 6) is 0.424. The van der Waals surface area contributed by atoms with Crippen LogP contribution < -0.4 is 0 Å². The largest absolute Gasteiger partial charge is 0.235 e. The first-order valence-electron chi connectivity index (χ1n) is 6.47. The number of aromatic nitrogens is 3. The van der Waals surface area contributed by atoms with E-state index in [9.17, 15) is 4.39 Å². The summed E-state index contributed by atoms with van der Waals surface area (Å²) in [5.41, 5.74) is 3.17. The van der Waals surface area contributed by atoms with Crippen LogP contribution in [0.25, 0.3) is 5.65 Å². The number of hydrogen-bond donors (Lipinski definition) is 0. The first-order chi connectivity index (χ1) is 9.74. The van der Waals surface area contributed by atoms with Crippen LogP contribution in [0.3, 0.4) is 0 Å². The van der Waals surface area contributed by atoms with E-state index in [1.54, 1.807) is 23.0 Å². The number of nitrogens with zero attached hydrogens (tertiary/aromatic N) is 3. The summed E-state index contributed by atoms with van der Waals surface area (Å²) in [4.78, 5) is 4.35. The van der Waals surface area contributed by atoms with E-state index in [0.717, 1.165) is 17.6 Å². The molecule has 20 heavy (non-hydrogen) atoms. The third kappa shape index (κ3) is 1.79. The SMILES string of the molecule is Fc1ccc([C@H]2C[C@@H]2c2ccnn3ccnc23)cc1Cl. The van der Waals surface area contributed by atoms with Gasteiger partial charge in [0.05, 0.1) is 5.02 Å². The number of rotatable bonds is 2. The molecule has 0 unspecified atom stereocenters. The minimum atomic E-state index is -0.368. The first-order valence-corrected chi connectivity index (χ1v) is 6.85. The zero-order valence-corrected chi connectivity index (χ0v) is 11.3. The molecule has 0 N–H and O–H groups in total. The maximum atomic E-state index is 13.2. The lowest BCUT2D eigenvalue weighted by Crippen LogP contribution is -1.95. The molecule has 2 heterocycles. The Hall–Kier alpha value is -1.94. The van der Waals surface area contributed by atoms with Gasteiger partial charge >= 0.3 is 0 Å². The van der Waals surface area contributed by atoms with E-state index in [0.29, 0.717) is 11.8 Å². The van der Waals surface area contributed by atoms with Gasteiger partial charge in [-0.1, -0.05) is 17.7 Å². The lowest BCUT2D eigenvalue weighted by molar-refractivity contribution is 0.627. The van der Waals surface area contributed by atoms with Crippen molar-refractivity contribution < 1.29 is 4.39 Å². The van der Waals surface area contributed by atoms with Crippen LogP contribution in [-0.4, -0.2) is 14.6 Å². The molecule has 1 aliphatic carbocycles. The predicted molar refractivity (Wildman–Crippen MR) is 74.5 cm³/mol. The maximum Gasteiger partial charge on any atom is 0.156 e. The zero-order chi connectivity index (χ0) is 13.7. The lowest BCUT2D eigenvalue weighted by atomic mass is 10.1. The van der Waals surface area contributed by atoms with Crippen molar-refractivity contribution in [1.29, 1.82) is 0 Å². The topological polar surface area (TPSA) is 30.2 Å². The van der Waals surface area contributed by atoms with Crippen LogP contribution in [0.5, 0.6) is 0 Å². The van der Waals surface area contributed by atoms with E-state index in [1.165, 1.54) is 11.6 Å². The Kier molecular flexibility index (Phi) is 2.54. The molecule has 5 heteroatoms. The molecule has 2 aromatic heterocycles. The molecule has 0 spiro atoms. The molecule has 1 saturated carbocycles. The summed E-state index contributed by atoms with van der Waals surface area (Å²) in [6.45, 7) is 0. The Morgan fingerprint density at radius 1 is 1.20 bits per heavy atom. The van der Waals surface area contributed by atoms with Crippen LogP contribution in [0.1, 0.15) is 29.4 Å². The molecule has 4 rings (SSSR count). The van der Waals surface area contributed by atoms with Crippen LogP contribution in [0, 0.1) is 5.82 Å². The molecule has 0 aliphatic heterocycles. The Balaban J connectivity index is 1.69. The smallest absolute Gasteiger partial charge is 0.156 e. The van der Waals surface area contributed by atoms with Crippen LogP contribution >= 0.6 is 11.6 Å². The van der Waals surface area contributed by atoms with E-state index < -0.39 is 0 Å². The molecule has 1 aromatic carbocycles. The molecule has 0 bridgehead atoms. The van der Waals surface area contributed by atoms with Crippen molar-refractivity contribution in [3.8, 4) is 0 Å². The highest BCUT2D eigenvalue weighted by molar-refractivity contribution is 6.30. The van der Waals surface area contributed by atoms with Gasteiger partial charge in [0.1, 0.15) is 5.82 Å². The van der Waals surface area contributed by atoms with Crippen molar-refractivity contribution in [2.75, 3.05) is 0 Å². The van der Waals surface area contributed by atoms with Crippen molar-refractivity contribution in [3.63, 3.8) is 0 Å². The number of imidazole rings is 1. The van der Waals surface area contributed by atoms with E-state index in [2.05, 4.69) is 10.1 Å². The molecule has 1 aliphatic rings. The summed E-state index contributed by atoms with van der Waals surface area (Å²) in [6, 6.07) is 6.99. The fraction of sp³-hybridized carbons (Fsp3) is 0.200. The summed E-state index contributed by atoms with van der Waals surface area (Å²) in [5, 5.41) is 4.41. The molecule has 0 saturated heterocycles. The molecular weight excluding hydrogens is 277 g/mol. The van der Waals surface area contributed by atoms with Crippen LogP contribution in [0.4, 0.5) is 4.39 Å². The van der Waals surface area contributed by atoms with Gasteiger partial charge < -0.3 is 0 Å². The highest BCUT2D eigenvalue weighted by Gasteiger charge is 2.41. The average Bonchev–Trinajstić information content (AvgIpc) is 3.09. The molecule has 0 amide bonds. The Bertz CT molecular complexity index is 799. The van der Waals surface area contributed by atoms with Crippen molar-refractivity contribution in [2.24, 2.45) is 0 Å². The van der Waals surface area contributed by atoms with Crippen molar-refractivity contribution in [2.45, 2.75) is 18.3 Å². The number of fused-ring (bicyclic) bond motifs is 1. The van der Waals surface area contributed by atoms with Gasteiger partial charge in [0, 0.05) is 24.2 Å². The van der Waals surface area contributed by atoms with Crippen LogP contribution in [0.15, 0.2) is 42.9 Å². The van der Waals surface area contributed by atoms with Gasteiger partial charge in [-0.25, -0.2) is 13.9 Å². The van der Waals surface area contributed by atoms with E-state index in [-0.39, 0.29) is 10.8 Å². The second-order valence-electron chi connectivity index (χ2n) is 5.10. The maximum absolute atomic E-state index is 13.2. The summed E-state index contributed by atoms with van der Waals surface area (Å²) >= 11 is 5.86. The van der Waals surface area contributed by atoms with Gasteiger partial charge in [-0.15, -0.1) is 0 Å². The third-order valence-electron chi connectivity index (χ3n) is 3.89. The monoisotopic (exact) mass is 287 g/mol. The van der Waals surface area contributed by atoms with Gasteiger partial charge in [-0.2, -0.15) is 5.10 Å². The molecule has 0 radical (unpaired) electrons. The predicted octanol–water partition coefficient (Wildman–Crippen LogP) is 3.79. The van der Waals surface area contributed by atoms with Gasteiger partial charge in [0.15, 0.2) is 5.65 Å². The fourth-order valence-corrected chi connectivity index (χ4v) is 2.99. The molecule has 3 nitrogen and oxygen atoms in total. The van der Waals surface area contributed by atoms with E-state index in [1.807, 2.05) is 18.3 Å². The summed E-state index contributed by atoms with van der Waals surface area (Å²) < 4.78 is 15.0. The zero-order valence-electron chi connectivity index (χ0n) is 10.5. The minimum Gasteiger partial charge on any atom is -0.235 e. The van der Waals surface area contributed by atoms with E-state index in [4.69, 9.17) is 11.6 Å². The molecule has 2 atom stereocenters. The standard InChI is InChI=1S/C15H11ClFN3/c16-13-7-9(1-2-14(13)17)11-8-12(11)10-3-4-19-20-6-5-18-15(10)20/h1-7,11-12H,8H2/t11-,12-/m1/s1. The Labute approximate surface area is 120 Å². The van der Waals surface area contributed by atoms with Gasteiger partial charge in [0.25, 0.3) is 0 Å². The molecular formula is C15H11ClFN3. The number of hydrogen-bond acceptors (Lipinski definition) is 2. The Morgan fingerprint density at radius 3 is 2.95 bits per heavy atom. The summed E-state index contributed by atoms with van der Waals surface area (Å²) in [6.07, 6.45) is 6.41. The second kappa shape index (κ2) is 4.28. The normalized spacial score (nSPS) is 21.3. The summed E-state index contributed by atoms with van der Waals surface area (Å²) in [7, 11) is 0. The number of benzene rings is 1. The second-order valence-corrected chi connectivity index (χ2v) is 5.51. The van der Waals surface area contributed by atoms with Gasteiger partial charge in [-0.05, 0) is 42.0 Å². The van der Waals surface area contributed by atoms with Gasteiger partial charge in [-0.3, -0.25) is 0 Å². The van der Waals surface area contributed by atoms with Crippen molar-refractivity contribution >= 4 is 17.2 Å². The lowest BCUT2D eigenvalue weighted by Gasteiger charge is -2.04. The molecule has 100 valence electrons. The first kappa shape index (κ1) is 11.9. The van der Waals surface area contributed by atoms with E-state index >= 15 is 0 Å². The Morgan fingerprint density at radius 2 is 2.10 bits per heavy atom. The fourth-order valence-electron chi connectivity index (χ4n) is 2.80. The van der Waals surface area contributed by atoms with Gasteiger partial charge in [0.2, 0.25) is 0 Å². The minimum absolute atomic E-state index is 0.189. The third-order valence-corrected chi connectivity index (χ3v) is 4.18. The molecule has 3 aromatic rings. The molecule has 1 fully saturated rings. The van der Waals surface area contributed by atoms with Crippen molar-refractivity contribution in [3.05, 3.63) is 64.8 Å².